The Morgan fingerprint density at radius 1 is 1.38 bits per heavy atom. The second-order valence-corrected chi connectivity index (χ2v) is 6.37. The van der Waals surface area contributed by atoms with E-state index in [-0.39, 0.29) is 0 Å². The van der Waals surface area contributed by atoms with Gasteiger partial charge in [0.25, 0.3) is 0 Å². The van der Waals surface area contributed by atoms with E-state index in [9.17, 15) is 4.21 Å². The first-order valence-electron chi connectivity index (χ1n) is 5.29. The highest BCUT2D eigenvalue weighted by Gasteiger charge is 2.15. The molecule has 16 heavy (non-hydrogen) atoms. The minimum Gasteiger partial charge on any atom is -0.370 e. The summed E-state index contributed by atoms with van der Waals surface area (Å²) in [6.07, 6.45) is 0. The molecule has 0 radical (unpaired) electrons. The van der Waals surface area contributed by atoms with Gasteiger partial charge in [0, 0.05) is 52.1 Å². The molecular formula is C11H15BrN2OS. The zero-order valence-corrected chi connectivity index (χ0v) is 11.4. The number of nitrogens with two attached hydrogens (primary N) is 1. The van der Waals surface area contributed by atoms with Gasteiger partial charge in [-0.15, -0.1) is 0 Å². The molecule has 88 valence electrons. The SMILES string of the molecule is NCc1ccc(N2CCS(=O)CC2)cc1Br. The van der Waals surface area contributed by atoms with Crippen LogP contribution in [0.25, 0.3) is 0 Å². The van der Waals surface area contributed by atoms with E-state index < -0.39 is 10.8 Å². The first-order valence-corrected chi connectivity index (χ1v) is 7.57. The molecule has 0 bridgehead atoms. The Balaban J connectivity index is 2.15. The summed E-state index contributed by atoms with van der Waals surface area (Å²) in [5, 5.41) is 0. The summed E-state index contributed by atoms with van der Waals surface area (Å²) < 4.78 is 12.3. The maximum Gasteiger partial charge on any atom is 0.0411 e. The van der Waals surface area contributed by atoms with E-state index in [4.69, 9.17) is 5.73 Å². The van der Waals surface area contributed by atoms with E-state index in [0.717, 1.165) is 34.6 Å². The molecular weight excluding hydrogens is 288 g/mol. The second-order valence-electron chi connectivity index (χ2n) is 3.81. The number of hydrogen-bond acceptors (Lipinski definition) is 3. The van der Waals surface area contributed by atoms with E-state index in [1.807, 2.05) is 6.07 Å². The Bertz CT molecular complexity index is 401. The average Bonchev–Trinajstić information content (AvgIpc) is 2.30. The van der Waals surface area contributed by atoms with Gasteiger partial charge in [-0.1, -0.05) is 22.0 Å². The maximum absolute atomic E-state index is 11.3. The van der Waals surface area contributed by atoms with Crippen molar-refractivity contribution in [2.24, 2.45) is 5.73 Å². The topological polar surface area (TPSA) is 46.3 Å². The van der Waals surface area contributed by atoms with Crippen LogP contribution in [0.2, 0.25) is 0 Å². The molecule has 1 fully saturated rings. The summed E-state index contributed by atoms with van der Waals surface area (Å²) >= 11 is 3.52. The Kier molecular flexibility index (Phi) is 4.00. The Morgan fingerprint density at radius 3 is 2.62 bits per heavy atom. The standard InChI is InChI=1S/C11H15BrN2OS/c12-11-7-10(2-1-9(11)8-13)14-3-5-16(15)6-4-14/h1-2,7H,3-6,8,13H2. The smallest absolute Gasteiger partial charge is 0.0411 e. The minimum atomic E-state index is -0.619. The zero-order chi connectivity index (χ0) is 11.5. The molecule has 2 rings (SSSR count). The summed E-state index contributed by atoms with van der Waals surface area (Å²) in [6, 6.07) is 6.22. The average molecular weight is 303 g/mol. The molecule has 0 amide bonds. The fraction of sp³-hybridized carbons (Fsp3) is 0.455. The van der Waals surface area contributed by atoms with E-state index >= 15 is 0 Å². The van der Waals surface area contributed by atoms with Crippen LogP contribution in [0.3, 0.4) is 0 Å². The maximum atomic E-state index is 11.3. The fourth-order valence-electron chi connectivity index (χ4n) is 1.79. The number of nitrogens with zero attached hydrogens (tertiary/aromatic N) is 1. The van der Waals surface area contributed by atoms with Crippen LogP contribution in [-0.2, 0) is 17.3 Å². The third-order valence-electron chi connectivity index (χ3n) is 2.80. The normalized spacial score (nSPS) is 17.8. The zero-order valence-electron chi connectivity index (χ0n) is 8.99. The third-order valence-corrected chi connectivity index (χ3v) is 4.81. The highest BCUT2D eigenvalue weighted by atomic mass is 79.9. The lowest BCUT2D eigenvalue weighted by Crippen LogP contribution is -2.37. The Morgan fingerprint density at radius 2 is 2.06 bits per heavy atom. The largest absolute Gasteiger partial charge is 0.370 e. The predicted molar refractivity (Wildman–Crippen MR) is 72.1 cm³/mol. The molecule has 0 aromatic heterocycles. The van der Waals surface area contributed by atoms with Crippen molar-refractivity contribution in [1.29, 1.82) is 0 Å². The van der Waals surface area contributed by atoms with E-state index in [0.29, 0.717) is 6.54 Å². The van der Waals surface area contributed by atoms with E-state index in [1.54, 1.807) is 0 Å². The second kappa shape index (κ2) is 5.29. The molecule has 1 aromatic rings. The molecule has 1 aliphatic rings. The van der Waals surface area contributed by atoms with Gasteiger partial charge in [0.2, 0.25) is 0 Å². The summed E-state index contributed by atoms with van der Waals surface area (Å²) in [5.41, 5.74) is 7.91. The van der Waals surface area contributed by atoms with Crippen molar-refractivity contribution < 1.29 is 4.21 Å². The lowest BCUT2D eigenvalue weighted by atomic mass is 10.2. The molecule has 0 spiro atoms. The molecule has 1 saturated heterocycles. The van der Waals surface area contributed by atoms with Gasteiger partial charge in [-0.05, 0) is 17.7 Å². The van der Waals surface area contributed by atoms with E-state index in [1.165, 1.54) is 5.69 Å². The van der Waals surface area contributed by atoms with Crippen molar-refractivity contribution in [2.75, 3.05) is 29.5 Å². The lowest BCUT2D eigenvalue weighted by molar-refractivity contribution is 0.673. The highest BCUT2D eigenvalue weighted by molar-refractivity contribution is 9.10. The van der Waals surface area contributed by atoms with Crippen molar-refractivity contribution in [1.82, 2.24) is 0 Å². The van der Waals surface area contributed by atoms with Gasteiger partial charge in [0.15, 0.2) is 0 Å². The summed E-state index contributed by atoms with van der Waals surface area (Å²) in [7, 11) is -0.619. The Hall–Kier alpha value is -0.390. The highest BCUT2D eigenvalue weighted by Crippen LogP contribution is 2.24. The minimum absolute atomic E-state index is 0.547. The van der Waals surface area contributed by atoms with Gasteiger partial charge >= 0.3 is 0 Å². The lowest BCUT2D eigenvalue weighted by Gasteiger charge is -2.28. The third kappa shape index (κ3) is 2.64. The first kappa shape index (κ1) is 12.1. The number of anilines is 1. The molecule has 0 aliphatic carbocycles. The monoisotopic (exact) mass is 302 g/mol. The molecule has 2 N–H and O–H groups in total. The predicted octanol–water partition coefficient (Wildman–Crippen LogP) is 1.48. The Labute approximate surface area is 107 Å². The van der Waals surface area contributed by atoms with Crippen LogP contribution in [-0.4, -0.2) is 28.8 Å². The molecule has 1 aromatic carbocycles. The van der Waals surface area contributed by atoms with Crippen LogP contribution in [0.15, 0.2) is 22.7 Å². The van der Waals surface area contributed by atoms with Crippen LogP contribution in [0.5, 0.6) is 0 Å². The number of benzene rings is 1. The molecule has 3 nitrogen and oxygen atoms in total. The van der Waals surface area contributed by atoms with Crippen molar-refractivity contribution in [3.63, 3.8) is 0 Å². The molecule has 0 unspecified atom stereocenters. The number of rotatable bonds is 2. The van der Waals surface area contributed by atoms with Crippen LogP contribution in [0, 0.1) is 0 Å². The van der Waals surface area contributed by atoms with Gasteiger partial charge in [-0.2, -0.15) is 0 Å². The first-order chi connectivity index (χ1) is 7.70. The molecule has 1 heterocycles. The van der Waals surface area contributed by atoms with Crippen LogP contribution in [0.4, 0.5) is 5.69 Å². The van der Waals surface area contributed by atoms with Gasteiger partial charge < -0.3 is 10.6 Å². The van der Waals surface area contributed by atoms with Crippen molar-refractivity contribution >= 4 is 32.4 Å². The molecule has 5 heteroatoms. The number of hydrogen-bond donors (Lipinski definition) is 1. The summed E-state index contributed by atoms with van der Waals surface area (Å²) in [6.45, 7) is 2.30. The van der Waals surface area contributed by atoms with Crippen LogP contribution in [0.1, 0.15) is 5.56 Å². The van der Waals surface area contributed by atoms with Crippen LogP contribution >= 0.6 is 15.9 Å². The van der Waals surface area contributed by atoms with Gasteiger partial charge in [0.1, 0.15) is 0 Å². The van der Waals surface area contributed by atoms with Gasteiger partial charge in [-0.25, -0.2) is 0 Å². The van der Waals surface area contributed by atoms with E-state index in [2.05, 4.69) is 33.0 Å². The van der Waals surface area contributed by atoms with Crippen molar-refractivity contribution in [3.05, 3.63) is 28.2 Å². The molecule has 1 aliphatic heterocycles. The van der Waals surface area contributed by atoms with Crippen molar-refractivity contribution in [2.45, 2.75) is 6.54 Å². The van der Waals surface area contributed by atoms with Gasteiger partial charge in [-0.3, -0.25) is 4.21 Å². The number of halogens is 1. The van der Waals surface area contributed by atoms with Crippen LogP contribution < -0.4 is 10.6 Å². The molecule has 0 atom stereocenters. The summed E-state index contributed by atoms with van der Waals surface area (Å²) in [5.74, 6) is 1.55. The van der Waals surface area contributed by atoms with Crippen molar-refractivity contribution in [3.8, 4) is 0 Å². The fourth-order valence-corrected chi connectivity index (χ4v) is 3.38. The summed E-state index contributed by atoms with van der Waals surface area (Å²) in [4.78, 5) is 2.27. The quantitative estimate of drug-likeness (QED) is 0.900. The molecule has 0 saturated carbocycles. The van der Waals surface area contributed by atoms with Gasteiger partial charge in [0.05, 0.1) is 0 Å².